The van der Waals surface area contributed by atoms with Gasteiger partial charge in [0.05, 0.1) is 13.4 Å². The van der Waals surface area contributed by atoms with E-state index in [4.69, 9.17) is 9.15 Å². The minimum atomic E-state index is -0.896. The third-order valence-corrected chi connectivity index (χ3v) is 2.56. The van der Waals surface area contributed by atoms with Crippen LogP contribution in [0.4, 0.5) is 4.39 Å². The summed E-state index contributed by atoms with van der Waals surface area (Å²) in [5.41, 5.74) is 1.07. The summed E-state index contributed by atoms with van der Waals surface area (Å²) in [6.07, 6.45) is 0.565. The summed E-state index contributed by atoms with van der Waals surface area (Å²) in [5.74, 6) is 0.363. The third-order valence-electron chi connectivity index (χ3n) is 2.56. The Kier molecular flexibility index (Phi) is 3.15. The fourth-order valence-corrected chi connectivity index (χ4v) is 1.65. The number of rotatable bonds is 3. The molecule has 2 aromatic rings. The smallest absolute Gasteiger partial charge is 0.165 e. The highest BCUT2D eigenvalue weighted by Crippen LogP contribution is 2.27. The van der Waals surface area contributed by atoms with Crippen molar-refractivity contribution in [3.8, 4) is 5.75 Å². The standard InChI is InChI=1S/C13H13FO3/c1-8-5-10(7-17-8)13(15)9-3-4-12(16-2)11(14)6-9/h3-7,13,15H,1-2H3. The summed E-state index contributed by atoms with van der Waals surface area (Å²) in [6, 6.07) is 6.08. The molecule has 0 aliphatic rings. The first kappa shape index (κ1) is 11.7. The highest BCUT2D eigenvalue weighted by Gasteiger charge is 2.14. The summed E-state index contributed by atoms with van der Waals surface area (Å²) >= 11 is 0. The lowest BCUT2D eigenvalue weighted by molar-refractivity contribution is 0.218. The Morgan fingerprint density at radius 1 is 1.29 bits per heavy atom. The van der Waals surface area contributed by atoms with Gasteiger partial charge in [-0.05, 0) is 30.7 Å². The first-order chi connectivity index (χ1) is 8.11. The average molecular weight is 236 g/mol. The number of furan rings is 1. The number of methoxy groups -OCH3 is 1. The predicted molar refractivity (Wildman–Crippen MR) is 60.5 cm³/mol. The number of halogens is 1. The molecule has 0 saturated heterocycles. The number of benzene rings is 1. The summed E-state index contributed by atoms with van der Waals surface area (Å²) in [6.45, 7) is 1.78. The van der Waals surface area contributed by atoms with Gasteiger partial charge in [0.15, 0.2) is 11.6 Å². The molecule has 3 nitrogen and oxygen atoms in total. The third kappa shape index (κ3) is 2.31. The van der Waals surface area contributed by atoms with Crippen molar-refractivity contribution < 1.29 is 18.7 Å². The van der Waals surface area contributed by atoms with E-state index in [0.29, 0.717) is 16.9 Å². The maximum Gasteiger partial charge on any atom is 0.165 e. The molecule has 0 aliphatic carbocycles. The van der Waals surface area contributed by atoms with E-state index in [1.54, 1.807) is 19.1 Å². The highest BCUT2D eigenvalue weighted by atomic mass is 19.1. The van der Waals surface area contributed by atoms with Crippen molar-refractivity contribution in [2.24, 2.45) is 0 Å². The lowest BCUT2D eigenvalue weighted by Gasteiger charge is -2.10. The normalized spacial score (nSPS) is 12.5. The minimum Gasteiger partial charge on any atom is -0.494 e. The van der Waals surface area contributed by atoms with Crippen LogP contribution in [-0.2, 0) is 0 Å². The maximum atomic E-state index is 13.5. The molecular weight excluding hydrogens is 223 g/mol. The van der Waals surface area contributed by atoms with Gasteiger partial charge >= 0.3 is 0 Å². The van der Waals surface area contributed by atoms with Crippen molar-refractivity contribution in [1.82, 2.24) is 0 Å². The Labute approximate surface area is 98.5 Å². The largest absolute Gasteiger partial charge is 0.494 e. The van der Waals surface area contributed by atoms with Gasteiger partial charge in [0.25, 0.3) is 0 Å². The van der Waals surface area contributed by atoms with E-state index in [9.17, 15) is 9.50 Å². The van der Waals surface area contributed by atoms with Gasteiger partial charge in [-0.3, -0.25) is 0 Å². The number of hydrogen-bond acceptors (Lipinski definition) is 3. The van der Waals surface area contributed by atoms with Crippen LogP contribution in [0.1, 0.15) is 23.0 Å². The van der Waals surface area contributed by atoms with Crippen molar-refractivity contribution in [3.63, 3.8) is 0 Å². The Hall–Kier alpha value is -1.81. The van der Waals surface area contributed by atoms with Crippen LogP contribution in [0.15, 0.2) is 34.9 Å². The fraction of sp³-hybridized carbons (Fsp3) is 0.231. The van der Waals surface area contributed by atoms with Crippen molar-refractivity contribution in [2.75, 3.05) is 7.11 Å². The van der Waals surface area contributed by atoms with Crippen LogP contribution in [0.5, 0.6) is 5.75 Å². The molecule has 1 unspecified atom stereocenters. The molecule has 0 aliphatic heterocycles. The van der Waals surface area contributed by atoms with E-state index < -0.39 is 11.9 Å². The predicted octanol–water partition coefficient (Wildman–Crippen LogP) is 2.82. The Bertz CT molecular complexity index is 519. The summed E-state index contributed by atoms with van der Waals surface area (Å²) in [7, 11) is 1.40. The van der Waals surface area contributed by atoms with Crippen LogP contribution in [0.3, 0.4) is 0 Å². The lowest BCUT2D eigenvalue weighted by Crippen LogP contribution is -1.99. The molecule has 1 N–H and O–H groups in total. The van der Waals surface area contributed by atoms with E-state index in [1.165, 1.54) is 25.5 Å². The molecule has 2 rings (SSSR count). The molecule has 0 spiro atoms. The molecular formula is C13H13FO3. The molecule has 1 atom stereocenters. The molecule has 0 amide bonds. The first-order valence-corrected chi connectivity index (χ1v) is 5.18. The Balaban J connectivity index is 2.31. The molecule has 0 fully saturated rings. The van der Waals surface area contributed by atoms with Crippen LogP contribution >= 0.6 is 0 Å². The summed E-state index contributed by atoms with van der Waals surface area (Å²) in [5, 5.41) is 10.0. The summed E-state index contributed by atoms with van der Waals surface area (Å²) < 4.78 is 23.4. The molecule has 1 aromatic heterocycles. The highest BCUT2D eigenvalue weighted by molar-refractivity contribution is 5.34. The van der Waals surface area contributed by atoms with E-state index >= 15 is 0 Å². The van der Waals surface area contributed by atoms with Crippen LogP contribution in [0.2, 0.25) is 0 Å². The van der Waals surface area contributed by atoms with Gasteiger partial charge in [-0.25, -0.2) is 4.39 Å². The molecule has 0 saturated carbocycles. The van der Waals surface area contributed by atoms with Crippen molar-refractivity contribution in [1.29, 1.82) is 0 Å². The number of ether oxygens (including phenoxy) is 1. The number of aliphatic hydroxyl groups is 1. The van der Waals surface area contributed by atoms with Crippen molar-refractivity contribution >= 4 is 0 Å². The van der Waals surface area contributed by atoms with Gasteiger partial charge in [0.2, 0.25) is 0 Å². The fourth-order valence-electron chi connectivity index (χ4n) is 1.65. The molecule has 1 aromatic carbocycles. The Morgan fingerprint density at radius 2 is 2.06 bits per heavy atom. The second kappa shape index (κ2) is 4.59. The van der Waals surface area contributed by atoms with Crippen LogP contribution in [0.25, 0.3) is 0 Å². The quantitative estimate of drug-likeness (QED) is 0.891. The molecule has 0 radical (unpaired) electrons. The van der Waals surface area contributed by atoms with Gasteiger partial charge in [0, 0.05) is 5.56 Å². The Morgan fingerprint density at radius 3 is 2.59 bits per heavy atom. The maximum absolute atomic E-state index is 13.5. The van der Waals surface area contributed by atoms with E-state index in [1.807, 2.05) is 0 Å². The van der Waals surface area contributed by atoms with Crippen LogP contribution in [-0.4, -0.2) is 12.2 Å². The summed E-state index contributed by atoms with van der Waals surface area (Å²) in [4.78, 5) is 0. The average Bonchev–Trinajstić information content (AvgIpc) is 2.75. The second-order valence-electron chi connectivity index (χ2n) is 3.79. The SMILES string of the molecule is COc1ccc(C(O)c2coc(C)c2)cc1F. The van der Waals surface area contributed by atoms with E-state index in [0.717, 1.165) is 0 Å². The topological polar surface area (TPSA) is 42.6 Å². The second-order valence-corrected chi connectivity index (χ2v) is 3.79. The van der Waals surface area contributed by atoms with Gasteiger partial charge in [-0.1, -0.05) is 6.07 Å². The number of aryl methyl sites for hydroxylation is 1. The molecule has 1 heterocycles. The van der Waals surface area contributed by atoms with Gasteiger partial charge in [0.1, 0.15) is 11.9 Å². The van der Waals surface area contributed by atoms with Gasteiger partial charge in [-0.15, -0.1) is 0 Å². The van der Waals surface area contributed by atoms with E-state index in [-0.39, 0.29) is 5.75 Å². The zero-order valence-electron chi connectivity index (χ0n) is 9.61. The first-order valence-electron chi connectivity index (χ1n) is 5.18. The molecule has 0 bridgehead atoms. The molecule has 90 valence electrons. The van der Waals surface area contributed by atoms with Gasteiger partial charge < -0.3 is 14.3 Å². The van der Waals surface area contributed by atoms with Crippen molar-refractivity contribution in [3.05, 3.63) is 53.2 Å². The minimum absolute atomic E-state index is 0.157. The molecule has 17 heavy (non-hydrogen) atoms. The number of hydrogen-bond donors (Lipinski definition) is 1. The van der Waals surface area contributed by atoms with Crippen molar-refractivity contribution in [2.45, 2.75) is 13.0 Å². The molecule has 4 heteroatoms. The van der Waals surface area contributed by atoms with Crippen LogP contribution < -0.4 is 4.74 Å². The zero-order valence-corrected chi connectivity index (χ0v) is 9.61. The zero-order chi connectivity index (χ0) is 12.4. The lowest BCUT2D eigenvalue weighted by atomic mass is 10.0. The number of aliphatic hydroxyl groups excluding tert-OH is 1. The van der Waals surface area contributed by atoms with Gasteiger partial charge in [-0.2, -0.15) is 0 Å². The van der Waals surface area contributed by atoms with Crippen LogP contribution in [0, 0.1) is 12.7 Å². The monoisotopic (exact) mass is 236 g/mol. The van der Waals surface area contributed by atoms with E-state index in [2.05, 4.69) is 0 Å².